The molecule has 1 N–H and O–H groups in total. The predicted molar refractivity (Wildman–Crippen MR) is 63.3 cm³/mol. The first-order valence-corrected chi connectivity index (χ1v) is 5.59. The molecule has 0 fully saturated rings. The van der Waals surface area contributed by atoms with Crippen molar-refractivity contribution < 1.29 is 0 Å². The summed E-state index contributed by atoms with van der Waals surface area (Å²) in [5.74, 6) is 0. The number of rotatable bonds is 1. The van der Waals surface area contributed by atoms with Gasteiger partial charge in [-0.15, -0.1) is 0 Å². The number of pyridine rings is 1. The third kappa shape index (κ3) is 2.04. The van der Waals surface area contributed by atoms with E-state index in [1.165, 1.54) is 0 Å². The maximum Gasteiger partial charge on any atom is 0.111 e. The van der Waals surface area contributed by atoms with E-state index in [-0.39, 0.29) is 6.04 Å². The van der Waals surface area contributed by atoms with Crippen molar-refractivity contribution in [1.82, 2.24) is 10.3 Å². The molecule has 0 radical (unpaired) electrons. The Morgan fingerprint density at radius 3 is 2.86 bits per heavy atom. The van der Waals surface area contributed by atoms with E-state index in [1.54, 1.807) is 12.5 Å². The molecule has 1 aliphatic heterocycles. The normalized spacial score (nSPS) is 20.1. The minimum atomic E-state index is 0.0150. The zero-order chi connectivity index (χ0) is 9.97. The van der Waals surface area contributed by atoms with Gasteiger partial charge in [0.25, 0.3) is 0 Å². The molecule has 2 heterocycles. The van der Waals surface area contributed by atoms with Crippen LogP contribution in [-0.2, 0) is 0 Å². The molecule has 72 valence electrons. The molecule has 3 nitrogen and oxygen atoms in total. The van der Waals surface area contributed by atoms with Crippen molar-refractivity contribution in [3.05, 3.63) is 39.2 Å². The molecule has 2 rings (SSSR count). The van der Waals surface area contributed by atoms with E-state index < -0.39 is 0 Å². The number of aromatic nitrogens is 1. The van der Waals surface area contributed by atoms with Gasteiger partial charge in [0.2, 0.25) is 0 Å². The lowest BCUT2D eigenvalue weighted by Crippen LogP contribution is -2.11. The molecular formula is C9H7Br2N3. The van der Waals surface area contributed by atoms with Crippen LogP contribution in [0.1, 0.15) is 11.6 Å². The molecule has 0 aromatic carbocycles. The first kappa shape index (κ1) is 9.86. The topological polar surface area (TPSA) is 37.3 Å². The molecule has 14 heavy (non-hydrogen) atoms. The Kier molecular flexibility index (Phi) is 2.98. The van der Waals surface area contributed by atoms with Crippen LogP contribution in [0.25, 0.3) is 0 Å². The van der Waals surface area contributed by atoms with Gasteiger partial charge in [0.05, 0.1) is 6.34 Å². The molecule has 0 spiro atoms. The fourth-order valence-corrected chi connectivity index (χ4v) is 2.10. The second-order valence-electron chi connectivity index (χ2n) is 2.81. The molecule has 0 saturated heterocycles. The van der Waals surface area contributed by atoms with E-state index in [1.807, 2.05) is 18.5 Å². The Bertz CT molecular complexity index is 401. The quantitative estimate of drug-likeness (QED) is 0.865. The second kappa shape index (κ2) is 4.23. The van der Waals surface area contributed by atoms with Crippen LogP contribution in [0.2, 0.25) is 0 Å². The average Bonchev–Trinajstić information content (AvgIpc) is 2.18. The highest BCUT2D eigenvalue weighted by Crippen LogP contribution is 2.31. The summed E-state index contributed by atoms with van der Waals surface area (Å²) in [5.41, 5.74) is 1.06. The van der Waals surface area contributed by atoms with Gasteiger partial charge in [-0.1, -0.05) is 15.9 Å². The van der Waals surface area contributed by atoms with Crippen LogP contribution in [0.15, 0.2) is 38.6 Å². The molecule has 0 bridgehead atoms. The standard InChI is InChI=1S/C9H7Br2N3/c10-7-1-6(2-12-3-7)9-8(11)4-13-5-14-9/h1-5,9H,(H,13,14). The predicted octanol–water partition coefficient (Wildman–Crippen LogP) is 2.75. The average molecular weight is 317 g/mol. The highest BCUT2D eigenvalue weighted by Gasteiger charge is 2.15. The fraction of sp³-hybridized carbons (Fsp3) is 0.111. The number of halogens is 2. The van der Waals surface area contributed by atoms with Gasteiger partial charge in [-0.25, -0.2) is 0 Å². The molecule has 5 heteroatoms. The number of nitrogens with one attached hydrogen (secondary N) is 1. The smallest absolute Gasteiger partial charge is 0.111 e. The van der Waals surface area contributed by atoms with E-state index in [0.717, 1.165) is 14.5 Å². The Labute approximate surface area is 98.6 Å². The minimum Gasteiger partial charge on any atom is -0.352 e. The summed E-state index contributed by atoms with van der Waals surface area (Å²) in [6.07, 6.45) is 7.12. The third-order valence-electron chi connectivity index (χ3n) is 1.82. The summed E-state index contributed by atoms with van der Waals surface area (Å²) < 4.78 is 1.96. The molecule has 1 aliphatic rings. The van der Waals surface area contributed by atoms with Crippen molar-refractivity contribution in [2.75, 3.05) is 0 Å². The number of aliphatic imine (C=N–C) groups is 1. The molecular weight excluding hydrogens is 310 g/mol. The van der Waals surface area contributed by atoms with Crippen LogP contribution >= 0.6 is 31.9 Å². The monoisotopic (exact) mass is 315 g/mol. The number of hydrogen-bond donors (Lipinski definition) is 1. The van der Waals surface area contributed by atoms with Gasteiger partial charge < -0.3 is 5.32 Å². The highest BCUT2D eigenvalue weighted by atomic mass is 79.9. The summed E-state index contributed by atoms with van der Waals surface area (Å²) >= 11 is 6.84. The summed E-state index contributed by atoms with van der Waals surface area (Å²) in [6.45, 7) is 0. The van der Waals surface area contributed by atoms with Gasteiger partial charge in [0.15, 0.2) is 0 Å². The lowest BCUT2D eigenvalue weighted by Gasteiger charge is -2.15. The lowest BCUT2D eigenvalue weighted by molar-refractivity contribution is 0.864. The highest BCUT2D eigenvalue weighted by molar-refractivity contribution is 9.11. The Morgan fingerprint density at radius 2 is 2.14 bits per heavy atom. The second-order valence-corrected chi connectivity index (χ2v) is 4.64. The number of hydrogen-bond acceptors (Lipinski definition) is 3. The van der Waals surface area contributed by atoms with Crippen molar-refractivity contribution in [2.45, 2.75) is 6.04 Å². The minimum absolute atomic E-state index is 0.0150. The van der Waals surface area contributed by atoms with Crippen LogP contribution in [-0.4, -0.2) is 11.3 Å². The van der Waals surface area contributed by atoms with Crippen LogP contribution in [0.4, 0.5) is 0 Å². The zero-order valence-corrected chi connectivity index (χ0v) is 10.3. The van der Waals surface area contributed by atoms with E-state index in [2.05, 4.69) is 47.2 Å². The van der Waals surface area contributed by atoms with Crippen molar-refractivity contribution in [1.29, 1.82) is 0 Å². The zero-order valence-electron chi connectivity index (χ0n) is 7.11. The molecule has 1 aromatic heterocycles. The van der Waals surface area contributed by atoms with Crippen molar-refractivity contribution in [3.8, 4) is 0 Å². The maximum absolute atomic E-state index is 4.31. The van der Waals surface area contributed by atoms with Crippen molar-refractivity contribution in [3.63, 3.8) is 0 Å². The Balaban J connectivity index is 2.34. The molecule has 1 unspecified atom stereocenters. The summed E-state index contributed by atoms with van der Waals surface area (Å²) in [4.78, 5) is 8.41. The van der Waals surface area contributed by atoms with Gasteiger partial charge in [-0.3, -0.25) is 9.98 Å². The molecule has 1 atom stereocenters. The Morgan fingerprint density at radius 1 is 1.29 bits per heavy atom. The van der Waals surface area contributed by atoms with Crippen molar-refractivity contribution in [2.24, 2.45) is 4.99 Å². The number of nitrogens with zero attached hydrogens (tertiary/aromatic N) is 2. The first-order valence-electron chi connectivity index (χ1n) is 4.01. The van der Waals surface area contributed by atoms with Crippen LogP contribution in [0.5, 0.6) is 0 Å². The van der Waals surface area contributed by atoms with Crippen molar-refractivity contribution >= 4 is 38.2 Å². The summed E-state index contributed by atoms with van der Waals surface area (Å²) in [6, 6.07) is 2.02. The van der Waals surface area contributed by atoms with E-state index in [9.17, 15) is 0 Å². The largest absolute Gasteiger partial charge is 0.352 e. The third-order valence-corrected chi connectivity index (χ3v) is 2.92. The lowest BCUT2D eigenvalue weighted by atomic mass is 10.1. The maximum atomic E-state index is 4.31. The van der Waals surface area contributed by atoms with Crippen LogP contribution in [0, 0.1) is 0 Å². The Hall–Kier alpha value is -0.680. The summed E-state index contributed by atoms with van der Waals surface area (Å²) in [7, 11) is 0. The SMILES string of the molecule is BrC1=CNC=NC1c1cncc(Br)c1. The van der Waals surface area contributed by atoms with Gasteiger partial charge in [-0.2, -0.15) is 0 Å². The molecule has 0 saturated carbocycles. The van der Waals surface area contributed by atoms with Gasteiger partial charge in [-0.05, 0) is 22.0 Å². The fourth-order valence-electron chi connectivity index (χ4n) is 1.21. The van der Waals surface area contributed by atoms with E-state index in [0.29, 0.717) is 0 Å². The molecule has 1 aromatic rings. The van der Waals surface area contributed by atoms with Gasteiger partial charge in [0, 0.05) is 33.1 Å². The van der Waals surface area contributed by atoms with Crippen LogP contribution < -0.4 is 5.32 Å². The van der Waals surface area contributed by atoms with Gasteiger partial charge >= 0.3 is 0 Å². The van der Waals surface area contributed by atoms with Crippen LogP contribution in [0.3, 0.4) is 0 Å². The molecule has 0 aliphatic carbocycles. The van der Waals surface area contributed by atoms with E-state index >= 15 is 0 Å². The van der Waals surface area contributed by atoms with Gasteiger partial charge in [0.1, 0.15) is 6.04 Å². The first-order chi connectivity index (χ1) is 6.77. The molecule has 0 amide bonds. The summed E-state index contributed by atoms with van der Waals surface area (Å²) in [5, 5.41) is 2.92. The van der Waals surface area contributed by atoms with E-state index in [4.69, 9.17) is 0 Å².